The molecule has 4 nitrogen and oxygen atoms in total. The molecule has 0 saturated heterocycles. The number of carboxylic acids is 1. The number of aliphatic carboxylic acids is 1. The number of carbonyl (C=O) groups excluding carboxylic acids is 1. The number of carboxylic acid groups (broad SMARTS) is 1. The molecule has 1 rings (SSSR count). The summed E-state index contributed by atoms with van der Waals surface area (Å²) in [5.74, 6) is -0.568. The number of nitrogens with one attached hydrogen (secondary N) is 1. The van der Waals surface area contributed by atoms with E-state index in [1.165, 1.54) is 0 Å². The van der Waals surface area contributed by atoms with Crippen molar-refractivity contribution in [3.8, 4) is 0 Å². The van der Waals surface area contributed by atoms with Gasteiger partial charge in [0.25, 0.3) is 0 Å². The molecule has 0 spiro atoms. The van der Waals surface area contributed by atoms with E-state index in [0.29, 0.717) is 6.54 Å². The molecule has 0 bridgehead atoms. The van der Waals surface area contributed by atoms with Crippen LogP contribution in [0.3, 0.4) is 0 Å². The zero-order valence-corrected chi connectivity index (χ0v) is 12.2. The van der Waals surface area contributed by atoms with Crippen molar-refractivity contribution in [2.45, 2.75) is 65.2 Å². The summed E-state index contributed by atoms with van der Waals surface area (Å²) in [5, 5.41) is 11.9. The van der Waals surface area contributed by atoms with Crippen LogP contribution in [-0.2, 0) is 9.59 Å². The fourth-order valence-electron chi connectivity index (χ4n) is 2.80. The maximum Gasteiger partial charge on any atom is 0.303 e. The Kier molecular flexibility index (Phi) is 6.32. The van der Waals surface area contributed by atoms with Gasteiger partial charge in [-0.05, 0) is 31.1 Å². The lowest BCUT2D eigenvalue weighted by molar-refractivity contribution is -0.142. The van der Waals surface area contributed by atoms with Crippen LogP contribution >= 0.6 is 0 Å². The van der Waals surface area contributed by atoms with Gasteiger partial charge in [-0.3, -0.25) is 9.59 Å². The second-order valence-corrected chi connectivity index (χ2v) is 5.89. The van der Waals surface area contributed by atoms with Gasteiger partial charge in [0, 0.05) is 12.5 Å². The van der Waals surface area contributed by atoms with Gasteiger partial charge in [-0.2, -0.15) is 0 Å². The molecule has 1 amide bonds. The number of rotatable bonds is 9. The Hall–Kier alpha value is -1.06. The van der Waals surface area contributed by atoms with Crippen LogP contribution in [0.1, 0.15) is 65.2 Å². The standard InChI is InChI=1S/C15H27NO3/c1-3-5-7-12(4-2)14(19)16-11-15(8-6-9-15)10-13(17)18/h12H,3-11H2,1-2H3,(H,16,19)(H,17,18). The molecule has 1 atom stereocenters. The summed E-state index contributed by atoms with van der Waals surface area (Å²) in [6.45, 7) is 4.69. The van der Waals surface area contributed by atoms with Crippen LogP contribution < -0.4 is 5.32 Å². The molecule has 1 unspecified atom stereocenters. The van der Waals surface area contributed by atoms with Crippen molar-refractivity contribution in [1.82, 2.24) is 5.32 Å². The Morgan fingerprint density at radius 2 is 2.00 bits per heavy atom. The molecule has 0 heterocycles. The van der Waals surface area contributed by atoms with Crippen LogP contribution in [0.25, 0.3) is 0 Å². The van der Waals surface area contributed by atoms with Crippen molar-refractivity contribution >= 4 is 11.9 Å². The highest BCUT2D eigenvalue weighted by molar-refractivity contribution is 5.78. The van der Waals surface area contributed by atoms with E-state index < -0.39 is 5.97 Å². The summed E-state index contributed by atoms with van der Waals surface area (Å²) < 4.78 is 0. The van der Waals surface area contributed by atoms with Crippen molar-refractivity contribution in [3.05, 3.63) is 0 Å². The van der Waals surface area contributed by atoms with Crippen LogP contribution in [0.4, 0.5) is 0 Å². The van der Waals surface area contributed by atoms with Crippen molar-refractivity contribution in [2.75, 3.05) is 6.54 Å². The van der Waals surface area contributed by atoms with E-state index in [1.807, 2.05) is 6.92 Å². The highest BCUT2D eigenvalue weighted by Gasteiger charge is 2.39. The van der Waals surface area contributed by atoms with E-state index >= 15 is 0 Å². The minimum absolute atomic E-state index is 0.0851. The van der Waals surface area contributed by atoms with E-state index in [9.17, 15) is 9.59 Å². The van der Waals surface area contributed by atoms with Crippen LogP contribution in [0, 0.1) is 11.3 Å². The lowest BCUT2D eigenvalue weighted by Crippen LogP contribution is -2.45. The first-order valence-electron chi connectivity index (χ1n) is 7.52. The predicted molar refractivity (Wildman–Crippen MR) is 74.9 cm³/mol. The maximum atomic E-state index is 12.1. The predicted octanol–water partition coefficient (Wildman–Crippen LogP) is 2.96. The molecule has 1 fully saturated rings. The summed E-state index contributed by atoms with van der Waals surface area (Å²) in [7, 11) is 0. The fourth-order valence-corrected chi connectivity index (χ4v) is 2.80. The molecular formula is C15H27NO3. The van der Waals surface area contributed by atoms with Gasteiger partial charge < -0.3 is 10.4 Å². The largest absolute Gasteiger partial charge is 0.481 e. The summed E-state index contributed by atoms with van der Waals surface area (Å²) >= 11 is 0. The Morgan fingerprint density at radius 3 is 2.42 bits per heavy atom. The Balaban J connectivity index is 2.40. The molecule has 0 radical (unpaired) electrons. The molecule has 1 aliphatic rings. The first-order chi connectivity index (χ1) is 9.03. The lowest BCUT2D eigenvalue weighted by Gasteiger charge is -2.41. The zero-order chi connectivity index (χ0) is 14.3. The SMILES string of the molecule is CCCCC(CC)C(=O)NCC1(CC(=O)O)CCC1. The van der Waals surface area contributed by atoms with Crippen LogP contribution in [0.15, 0.2) is 0 Å². The minimum atomic E-state index is -0.757. The van der Waals surface area contributed by atoms with Gasteiger partial charge in [0.15, 0.2) is 0 Å². The van der Waals surface area contributed by atoms with E-state index in [4.69, 9.17) is 5.11 Å². The topological polar surface area (TPSA) is 66.4 Å². The molecule has 19 heavy (non-hydrogen) atoms. The lowest BCUT2D eigenvalue weighted by atomic mass is 9.66. The van der Waals surface area contributed by atoms with E-state index in [1.54, 1.807) is 0 Å². The Bertz CT molecular complexity index is 311. The maximum absolute atomic E-state index is 12.1. The number of amides is 1. The minimum Gasteiger partial charge on any atom is -0.481 e. The normalized spacial score (nSPS) is 18.4. The first-order valence-corrected chi connectivity index (χ1v) is 7.52. The van der Waals surface area contributed by atoms with Crippen molar-refractivity contribution < 1.29 is 14.7 Å². The average Bonchev–Trinajstić information content (AvgIpc) is 2.33. The van der Waals surface area contributed by atoms with Gasteiger partial charge >= 0.3 is 5.97 Å². The molecule has 4 heteroatoms. The highest BCUT2D eigenvalue weighted by atomic mass is 16.4. The van der Waals surface area contributed by atoms with Gasteiger partial charge in [-0.1, -0.05) is 33.1 Å². The highest BCUT2D eigenvalue weighted by Crippen LogP contribution is 2.43. The molecule has 2 N–H and O–H groups in total. The molecule has 0 aromatic heterocycles. The Labute approximate surface area is 116 Å². The van der Waals surface area contributed by atoms with Gasteiger partial charge in [0.05, 0.1) is 6.42 Å². The van der Waals surface area contributed by atoms with Gasteiger partial charge in [0.2, 0.25) is 5.91 Å². The number of unbranched alkanes of at least 4 members (excludes halogenated alkanes) is 1. The average molecular weight is 269 g/mol. The van der Waals surface area contributed by atoms with Crippen LogP contribution in [0.5, 0.6) is 0 Å². The van der Waals surface area contributed by atoms with Crippen LogP contribution in [0.2, 0.25) is 0 Å². The first kappa shape index (κ1) is 16.0. The smallest absolute Gasteiger partial charge is 0.303 e. The zero-order valence-electron chi connectivity index (χ0n) is 12.2. The van der Waals surface area contributed by atoms with E-state index in [2.05, 4.69) is 12.2 Å². The monoisotopic (exact) mass is 269 g/mol. The van der Waals surface area contributed by atoms with Crippen molar-refractivity contribution in [2.24, 2.45) is 11.3 Å². The van der Waals surface area contributed by atoms with Gasteiger partial charge in [0.1, 0.15) is 0 Å². The summed E-state index contributed by atoms with van der Waals surface area (Å²) in [5.41, 5.74) is -0.176. The third kappa shape index (κ3) is 4.84. The number of hydrogen-bond donors (Lipinski definition) is 2. The molecular weight excluding hydrogens is 242 g/mol. The second-order valence-electron chi connectivity index (χ2n) is 5.89. The fraction of sp³-hybridized carbons (Fsp3) is 0.867. The van der Waals surface area contributed by atoms with Crippen molar-refractivity contribution in [3.63, 3.8) is 0 Å². The molecule has 0 aliphatic heterocycles. The molecule has 110 valence electrons. The molecule has 0 aromatic rings. The van der Waals surface area contributed by atoms with Crippen molar-refractivity contribution in [1.29, 1.82) is 0 Å². The van der Waals surface area contributed by atoms with Crippen LogP contribution in [-0.4, -0.2) is 23.5 Å². The summed E-state index contributed by atoms with van der Waals surface area (Å²) in [6.07, 6.45) is 7.08. The van der Waals surface area contributed by atoms with E-state index in [-0.39, 0.29) is 23.7 Å². The second kappa shape index (κ2) is 7.51. The molecule has 0 aromatic carbocycles. The Morgan fingerprint density at radius 1 is 1.32 bits per heavy atom. The van der Waals surface area contributed by atoms with Gasteiger partial charge in [-0.25, -0.2) is 0 Å². The number of carbonyl (C=O) groups is 2. The van der Waals surface area contributed by atoms with E-state index in [0.717, 1.165) is 44.9 Å². The van der Waals surface area contributed by atoms with Gasteiger partial charge in [-0.15, -0.1) is 0 Å². The summed E-state index contributed by atoms with van der Waals surface area (Å²) in [6, 6.07) is 0. The third-order valence-electron chi connectivity index (χ3n) is 4.35. The molecule has 1 saturated carbocycles. The summed E-state index contributed by atoms with van der Waals surface area (Å²) in [4.78, 5) is 23.0. The third-order valence-corrected chi connectivity index (χ3v) is 4.35. The molecule has 1 aliphatic carbocycles. The quantitative estimate of drug-likeness (QED) is 0.676. The number of hydrogen-bond acceptors (Lipinski definition) is 2.